The van der Waals surface area contributed by atoms with Crippen molar-refractivity contribution in [2.45, 2.75) is 12.5 Å². The van der Waals surface area contributed by atoms with Gasteiger partial charge in [0.15, 0.2) is 11.5 Å². The molecule has 106 valence electrons. The SMILES string of the molecule is COc1ccc(CC(N)c2cncc(F)c2)cc1OC. The van der Waals surface area contributed by atoms with Gasteiger partial charge in [0, 0.05) is 12.2 Å². The summed E-state index contributed by atoms with van der Waals surface area (Å²) in [5.74, 6) is 0.928. The number of aromatic nitrogens is 1. The fraction of sp³-hybridized carbons (Fsp3) is 0.267. The Hall–Kier alpha value is -2.14. The van der Waals surface area contributed by atoms with Gasteiger partial charge in [0.1, 0.15) is 5.82 Å². The van der Waals surface area contributed by atoms with Gasteiger partial charge < -0.3 is 15.2 Å². The fourth-order valence-corrected chi connectivity index (χ4v) is 2.01. The molecule has 2 N–H and O–H groups in total. The van der Waals surface area contributed by atoms with E-state index in [0.29, 0.717) is 23.5 Å². The van der Waals surface area contributed by atoms with E-state index in [9.17, 15) is 4.39 Å². The third kappa shape index (κ3) is 3.24. The van der Waals surface area contributed by atoms with Gasteiger partial charge in [0.25, 0.3) is 0 Å². The minimum atomic E-state index is -0.384. The molecule has 0 aliphatic carbocycles. The topological polar surface area (TPSA) is 57.4 Å². The number of hydrogen-bond acceptors (Lipinski definition) is 4. The van der Waals surface area contributed by atoms with Crippen LogP contribution in [0.5, 0.6) is 11.5 Å². The molecule has 0 spiro atoms. The highest BCUT2D eigenvalue weighted by Gasteiger charge is 2.11. The number of nitrogens with zero attached hydrogens (tertiary/aromatic N) is 1. The van der Waals surface area contributed by atoms with E-state index >= 15 is 0 Å². The Kier molecular flexibility index (Phi) is 4.53. The van der Waals surface area contributed by atoms with Crippen molar-refractivity contribution >= 4 is 0 Å². The minimum absolute atomic E-state index is 0.323. The lowest BCUT2D eigenvalue weighted by Crippen LogP contribution is -2.14. The molecule has 0 fully saturated rings. The predicted octanol–water partition coefficient (Wildman–Crippen LogP) is 2.48. The molecule has 0 radical (unpaired) electrons. The molecule has 0 amide bonds. The fourth-order valence-electron chi connectivity index (χ4n) is 2.01. The standard InChI is InChI=1S/C15H17FN2O2/c1-19-14-4-3-10(6-15(14)20-2)5-13(17)11-7-12(16)9-18-8-11/h3-4,6-9,13H,5,17H2,1-2H3. The zero-order valence-corrected chi connectivity index (χ0v) is 11.5. The number of pyridine rings is 1. The summed E-state index contributed by atoms with van der Waals surface area (Å²) < 4.78 is 23.6. The first-order chi connectivity index (χ1) is 9.63. The molecule has 2 aromatic rings. The smallest absolute Gasteiger partial charge is 0.160 e. The Morgan fingerprint density at radius 2 is 1.90 bits per heavy atom. The monoisotopic (exact) mass is 276 g/mol. The van der Waals surface area contributed by atoms with Crippen molar-refractivity contribution in [3.05, 3.63) is 53.6 Å². The highest BCUT2D eigenvalue weighted by molar-refractivity contribution is 5.43. The Balaban J connectivity index is 2.17. The van der Waals surface area contributed by atoms with Crippen LogP contribution in [0.25, 0.3) is 0 Å². The molecular formula is C15H17FN2O2. The summed E-state index contributed by atoms with van der Waals surface area (Å²) in [5.41, 5.74) is 7.73. The lowest BCUT2D eigenvalue weighted by molar-refractivity contribution is 0.354. The molecule has 1 aromatic heterocycles. The molecule has 0 aliphatic heterocycles. The van der Waals surface area contributed by atoms with Crippen molar-refractivity contribution in [3.8, 4) is 11.5 Å². The first kappa shape index (κ1) is 14.3. The van der Waals surface area contributed by atoms with E-state index < -0.39 is 0 Å². The van der Waals surface area contributed by atoms with E-state index in [1.807, 2.05) is 18.2 Å². The summed E-state index contributed by atoms with van der Waals surface area (Å²) in [6.45, 7) is 0. The van der Waals surface area contributed by atoms with Gasteiger partial charge in [-0.1, -0.05) is 6.07 Å². The van der Waals surface area contributed by atoms with Crippen LogP contribution in [0.15, 0.2) is 36.7 Å². The van der Waals surface area contributed by atoms with Crippen LogP contribution in [0.4, 0.5) is 4.39 Å². The van der Waals surface area contributed by atoms with Crippen LogP contribution in [0.1, 0.15) is 17.2 Å². The van der Waals surface area contributed by atoms with Crippen LogP contribution >= 0.6 is 0 Å². The van der Waals surface area contributed by atoms with Gasteiger partial charge in [0.2, 0.25) is 0 Å². The average molecular weight is 276 g/mol. The number of rotatable bonds is 5. The van der Waals surface area contributed by atoms with Gasteiger partial charge in [-0.25, -0.2) is 4.39 Å². The predicted molar refractivity (Wildman–Crippen MR) is 74.4 cm³/mol. The van der Waals surface area contributed by atoms with Crippen LogP contribution in [-0.2, 0) is 6.42 Å². The maximum Gasteiger partial charge on any atom is 0.160 e. The summed E-state index contributed by atoms with van der Waals surface area (Å²) >= 11 is 0. The highest BCUT2D eigenvalue weighted by Crippen LogP contribution is 2.29. The average Bonchev–Trinajstić information content (AvgIpc) is 2.47. The number of ether oxygens (including phenoxy) is 2. The summed E-state index contributed by atoms with van der Waals surface area (Å²) in [7, 11) is 3.17. The summed E-state index contributed by atoms with van der Waals surface area (Å²) in [4.78, 5) is 3.81. The van der Waals surface area contributed by atoms with Crippen molar-refractivity contribution in [1.29, 1.82) is 0 Å². The largest absolute Gasteiger partial charge is 0.493 e. The van der Waals surface area contributed by atoms with E-state index in [1.54, 1.807) is 20.4 Å². The van der Waals surface area contributed by atoms with Gasteiger partial charge in [-0.2, -0.15) is 0 Å². The van der Waals surface area contributed by atoms with Gasteiger partial charge in [-0.05, 0) is 35.7 Å². The zero-order chi connectivity index (χ0) is 14.5. The zero-order valence-electron chi connectivity index (χ0n) is 11.5. The maximum atomic E-state index is 13.1. The molecular weight excluding hydrogens is 259 g/mol. The highest BCUT2D eigenvalue weighted by atomic mass is 19.1. The van der Waals surface area contributed by atoms with Gasteiger partial charge in [-0.15, -0.1) is 0 Å². The van der Waals surface area contributed by atoms with E-state index in [-0.39, 0.29) is 11.9 Å². The van der Waals surface area contributed by atoms with E-state index in [2.05, 4.69) is 4.98 Å². The normalized spacial score (nSPS) is 12.0. The molecule has 4 nitrogen and oxygen atoms in total. The minimum Gasteiger partial charge on any atom is -0.493 e. The first-order valence-corrected chi connectivity index (χ1v) is 6.21. The third-order valence-electron chi connectivity index (χ3n) is 3.06. The van der Waals surface area contributed by atoms with Gasteiger partial charge in [0.05, 0.1) is 20.4 Å². The lowest BCUT2D eigenvalue weighted by atomic mass is 10.0. The van der Waals surface area contributed by atoms with Crippen LogP contribution in [0, 0.1) is 5.82 Å². The van der Waals surface area contributed by atoms with Crippen LogP contribution in [0.3, 0.4) is 0 Å². The maximum absolute atomic E-state index is 13.1. The van der Waals surface area contributed by atoms with Crippen molar-refractivity contribution in [1.82, 2.24) is 4.98 Å². The Bertz CT molecular complexity index is 590. The molecule has 0 bridgehead atoms. The second-order valence-electron chi connectivity index (χ2n) is 4.44. The van der Waals surface area contributed by atoms with Crippen molar-refractivity contribution in [2.24, 2.45) is 5.73 Å². The molecule has 1 atom stereocenters. The third-order valence-corrected chi connectivity index (χ3v) is 3.06. The molecule has 0 saturated carbocycles. The number of hydrogen-bond donors (Lipinski definition) is 1. The summed E-state index contributed by atoms with van der Waals surface area (Å²) in [5, 5.41) is 0. The van der Waals surface area contributed by atoms with E-state index in [4.69, 9.17) is 15.2 Å². The number of nitrogens with two attached hydrogens (primary N) is 1. The quantitative estimate of drug-likeness (QED) is 0.911. The summed E-state index contributed by atoms with van der Waals surface area (Å²) in [6, 6.07) is 6.68. The van der Waals surface area contributed by atoms with Crippen LogP contribution in [-0.4, -0.2) is 19.2 Å². The molecule has 1 unspecified atom stereocenters. The Labute approximate surface area is 117 Å². The Morgan fingerprint density at radius 1 is 1.15 bits per heavy atom. The van der Waals surface area contributed by atoms with Crippen LogP contribution < -0.4 is 15.2 Å². The second-order valence-corrected chi connectivity index (χ2v) is 4.44. The van der Waals surface area contributed by atoms with Crippen molar-refractivity contribution < 1.29 is 13.9 Å². The number of methoxy groups -OCH3 is 2. The molecule has 20 heavy (non-hydrogen) atoms. The number of halogens is 1. The molecule has 0 saturated heterocycles. The molecule has 5 heteroatoms. The lowest BCUT2D eigenvalue weighted by Gasteiger charge is -2.14. The van der Waals surface area contributed by atoms with E-state index in [1.165, 1.54) is 6.07 Å². The van der Waals surface area contributed by atoms with E-state index in [0.717, 1.165) is 11.8 Å². The van der Waals surface area contributed by atoms with Crippen LogP contribution in [0.2, 0.25) is 0 Å². The second kappa shape index (κ2) is 6.34. The molecule has 1 aromatic carbocycles. The molecule has 1 heterocycles. The van der Waals surface area contributed by atoms with Gasteiger partial charge >= 0.3 is 0 Å². The van der Waals surface area contributed by atoms with Crippen molar-refractivity contribution in [2.75, 3.05) is 14.2 Å². The first-order valence-electron chi connectivity index (χ1n) is 6.21. The van der Waals surface area contributed by atoms with Crippen molar-refractivity contribution in [3.63, 3.8) is 0 Å². The summed E-state index contributed by atoms with van der Waals surface area (Å²) in [6.07, 6.45) is 3.30. The molecule has 0 aliphatic rings. The Morgan fingerprint density at radius 3 is 2.55 bits per heavy atom. The number of benzene rings is 1. The van der Waals surface area contributed by atoms with Gasteiger partial charge in [-0.3, -0.25) is 4.98 Å². The molecule has 2 rings (SSSR count).